The number of alkyl halides is 2. The lowest BCUT2D eigenvalue weighted by Crippen LogP contribution is -2.20. The molecule has 0 aliphatic heterocycles. The van der Waals surface area contributed by atoms with Crippen molar-refractivity contribution in [2.24, 2.45) is 0 Å². The molecule has 0 heterocycles. The molecular weight excluding hydrogens is 368 g/mol. The van der Waals surface area contributed by atoms with Gasteiger partial charge in [-0.1, -0.05) is 50.1 Å². The summed E-state index contributed by atoms with van der Waals surface area (Å²) in [5, 5.41) is 19.0. The summed E-state index contributed by atoms with van der Waals surface area (Å²) in [5.41, 5.74) is 0.966. The normalized spacial score (nSPS) is 14.0. The van der Waals surface area contributed by atoms with Gasteiger partial charge in [-0.25, -0.2) is 4.79 Å². The highest BCUT2D eigenvalue weighted by Crippen LogP contribution is 2.27. The molecule has 0 saturated carbocycles. The quantitative estimate of drug-likeness (QED) is 0.609. The van der Waals surface area contributed by atoms with Gasteiger partial charge in [-0.3, -0.25) is 4.79 Å². The lowest BCUT2D eigenvalue weighted by Gasteiger charge is -2.16. The number of carbonyl (C=O) groups is 2. The van der Waals surface area contributed by atoms with Crippen LogP contribution in [0.15, 0.2) is 18.2 Å². The molecule has 0 fully saturated rings. The molecule has 0 aliphatic carbocycles. The smallest absolute Gasteiger partial charge is 0.337 e. The van der Waals surface area contributed by atoms with Crippen molar-refractivity contribution >= 4 is 43.6 Å². The highest BCUT2D eigenvalue weighted by molar-refractivity contribution is 9.10. The van der Waals surface area contributed by atoms with Gasteiger partial charge in [-0.05, 0) is 12.5 Å². The second kappa shape index (κ2) is 6.45. The Morgan fingerprint density at radius 1 is 1.39 bits per heavy atom. The molecule has 18 heavy (non-hydrogen) atoms. The summed E-state index contributed by atoms with van der Waals surface area (Å²) in [6, 6.07) is 4.86. The number of carboxylic acids is 1. The van der Waals surface area contributed by atoms with Crippen LogP contribution in [0, 0.1) is 0 Å². The van der Waals surface area contributed by atoms with Gasteiger partial charge in [0.2, 0.25) is 0 Å². The molecule has 1 rings (SSSR count). The minimum Gasteiger partial charge on any atom is -0.479 e. The second-order valence-corrected chi connectivity index (χ2v) is 5.67. The highest BCUT2D eigenvalue weighted by Gasteiger charge is 2.26. The summed E-state index contributed by atoms with van der Waals surface area (Å²) in [7, 11) is 0. The standard InChI is InChI=1S/C12H12Br2O4/c1-6(14)10(15)8-4-2-3-7(5-13)9(8)11(16)12(17)18/h2-4,6,11,16H,5H2,1H3,(H,17,18). The number of carbonyl (C=O) groups excluding carboxylic acids is 1. The van der Waals surface area contributed by atoms with Gasteiger partial charge in [0.15, 0.2) is 11.9 Å². The number of benzene rings is 1. The largest absolute Gasteiger partial charge is 0.479 e. The Hall–Kier alpha value is -0.720. The Labute approximate surface area is 121 Å². The maximum Gasteiger partial charge on any atom is 0.337 e. The summed E-state index contributed by atoms with van der Waals surface area (Å²) in [6.45, 7) is 1.65. The van der Waals surface area contributed by atoms with Crippen LogP contribution in [0.25, 0.3) is 0 Å². The first-order valence-electron chi connectivity index (χ1n) is 5.17. The SMILES string of the molecule is CC(Br)C(=O)c1cccc(CBr)c1C(O)C(=O)O. The van der Waals surface area contributed by atoms with E-state index in [4.69, 9.17) is 5.11 Å². The number of aliphatic hydroxyl groups excluding tert-OH is 1. The fourth-order valence-corrected chi connectivity index (χ4v) is 2.34. The van der Waals surface area contributed by atoms with Gasteiger partial charge < -0.3 is 10.2 Å². The van der Waals surface area contributed by atoms with Crippen molar-refractivity contribution in [1.29, 1.82) is 0 Å². The van der Waals surface area contributed by atoms with Crippen molar-refractivity contribution in [1.82, 2.24) is 0 Å². The molecule has 2 N–H and O–H groups in total. The van der Waals surface area contributed by atoms with Crippen LogP contribution in [-0.4, -0.2) is 26.8 Å². The van der Waals surface area contributed by atoms with E-state index in [1.54, 1.807) is 19.1 Å². The van der Waals surface area contributed by atoms with Gasteiger partial charge in [0, 0.05) is 16.5 Å². The number of aliphatic carboxylic acids is 1. The van der Waals surface area contributed by atoms with Crippen molar-refractivity contribution in [3.63, 3.8) is 0 Å². The van der Waals surface area contributed by atoms with Gasteiger partial charge in [0.05, 0.1) is 4.83 Å². The average molecular weight is 380 g/mol. The summed E-state index contributed by atoms with van der Waals surface area (Å²) in [6.07, 6.45) is -1.70. The average Bonchev–Trinajstić information content (AvgIpc) is 2.35. The molecule has 0 aromatic heterocycles. The number of Topliss-reactive ketones (excluding diaryl/α,β-unsaturated/α-hetero) is 1. The van der Waals surface area contributed by atoms with E-state index < -0.39 is 16.9 Å². The van der Waals surface area contributed by atoms with E-state index in [0.717, 1.165) is 0 Å². The predicted molar refractivity (Wildman–Crippen MR) is 74.4 cm³/mol. The zero-order valence-electron chi connectivity index (χ0n) is 9.56. The number of ketones is 1. The third kappa shape index (κ3) is 3.18. The van der Waals surface area contributed by atoms with Crippen molar-refractivity contribution in [3.8, 4) is 0 Å². The first-order valence-corrected chi connectivity index (χ1v) is 7.20. The Morgan fingerprint density at radius 3 is 2.44 bits per heavy atom. The molecule has 4 nitrogen and oxygen atoms in total. The molecule has 0 saturated heterocycles. The van der Waals surface area contributed by atoms with E-state index in [-0.39, 0.29) is 16.9 Å². The molecule has 0 radical (unpaired) electrons. The molecule has 0 bridgehead atoms. The van der Waals surface area contributed by atoms with Crippen LogP contribution in [-0.2, 0) is 10.1 Å². The summed E-state index contributed by atoms with van der Waals surface area (Å²) >= 11 is 6.37. The number of aliphatic hydroxyl groups is 1. The predicted octanol–water partition coefficient (Wildman–Crippen LogP) is 2.67. The Kier molecular flexibility index (Phi) is 5.49. The van der Waals surface area contributed by atoms with E-state index in [1.807, 2.05) is 0 Å². The van der Waals surface area contributed by atoms with Crippen LogP contribution in [0.1, 0.15) is 34.5 Å². The van der Waals surface area contributed by atoms with Gasteiger partial charge in [0.1, 0.15) is 0 Å². The fourth-order valence-electron chi connectivity index (χ4n) is 1.61. The molecule has 0 aliphatic rings. The monoisotopic (exact) mass is 378 g/mol. The van der Waals surface area contributed by atoms with Crippen LogP contribution in [0.3, 0.4) is 0 Å². The van der Waals surface area contributed by atoms with Crippen LogP contribution < -0.4 is 0 Å². The molecular formula is C12H12Br2O4. The Bertz CT molecular complexity index is 471. The van der Waals surface area contributed by atoms with Gasteiger partial charge in [-0.2, -0.15) is 0 Å². The van der Waals surface area contributed by atoms with E-state index in [0.29, 0.717) is 10.9 Å². The molecule has 6 heteroatoms. The lowest BCUT2D eigenvalue weighted by molar-refractivity contribution is -0.147. The minimum absolute atomic E-state index is 0.151. The summed E-state index contributed by atoms with van der Waals surface area (Å²) in [4.78, 5) is 22.5. The first-order chi connectivity index (χ1) is 8.40. The minimum atomic E-state index is -1.70. The molecule has 1 aromatic carbocycles. The van der Waals surface area contributed by atoms with E-state index >= 15 is 0 Å². The number of hydrogen-bond acceptors (Lipinski definition) is 3. The van der Waals surface area contributed by atoms with Gasteiger partial charge in [-0.15, -0.1) is 0 Å². The van der Waals surface area contributed by atoms with Crippen molar-refractivity contribution in [2.45, 2.75) is 23.2 Å². The van der Waals surface area contributed by atoms with Crippen LogP contribution in [0.4, 0.5) is 0 Å². The highest BCUT2D eigenvalue weighted by atomic mass is 79.9. The third-order valence-corrected chi connectivity index (χ3v) is 3.49. The maximum absolute atomic E-state index is 12.0. The van der Waals surface area contributed by atoms with Crippen LogP contribution >= 0.6 is 31.9 Å². The first kappa shape index (κ1) is 15.3. The molecule has 1 aromatic rings. The Balaban J connectivity index is 3.42. The third-order valence-electron chi connectivity index (χ3n) is 2.47. The summed E-state index contributed by atoms with van der Waals surface area (Å²) in [5.74, 6) is -1.63. The number of hydrogen-bond donors (Lipinski definition) is 2. The number of carboxylic acid groups (broad SMARTS) is 1. The molecule has 0 amide bonds. The summed E-state index contributed by atoms with van der Waals surface area (Å²) < 4.78 is 0. The van der Waals surface area contributed by atoms with E-state index in [2.05, 4.69) is 31.9 Å². The molecule has 98 valence electrons. The Morgan fingerprint density at radius 2 is 2.00 bits per heavy atom. The van der Waals surface area contributed by atoms with Crippen LogP contribution in [0.2, 0.25) is 0 Å². The topological polar surface area (TPSA) is 74.6 Å². The fraction of sp³-hybridized carbons (Fsp3) is 0.333. The lowest BCUT2D eigenvalue weighted by atomic mass is 9.93. The van der Waals surface area contributed by atoms with Crippen molar-refractivity contribution in [2.75, 3.05) is 0 Å². The molecule has 2 unspecified atom stereocenters. The van der Waals surface area contributed by atoms with E-state index in [1.165, 1.54) is 6.07 Å². The van der Waals surface area contributed by atoms with Gasteiger partial charge >= 0.3 is 5.97 Å². The molecule has 0 spiro atoms. The van der Waals surface area contributed by atoms with E-state index in [9.17, 15) is 14.7 Å². The second-order valence-electron chi connectivity index (χ2n) is 3.73. The number of rotatable bonds is 5. The zero-order valence-corrected chi connectivity index (χ0v) is 12.7. The van der Waals surface area contributed by atoms with Crippen LogP contribution in [0.5, 0.6) is 0 Å². The molecule has 2 atom stereocenters. The van der Waals surface area contributed by atoms with Gasteiger partial charge in [0.25, 0.3) is 0 Å². The maximum atomic E-state index is 12.0. The van der Waals surface area contributed by atoms with Crippen molar-refractivity contribution in [3.05, 3.63) is 34.9 Å². The number of halogens is 2. The van der Waals surface area contributed by atoms with Crippen molar-refractivity contribution < 1.29 is 19.8 Å². The zero-order chi connectivity index (χ0) is 13.9.